The number of nitrogens with zero attached hydrogens (tertiary/aromatic N) is 7. The molecule has 3 heterocycles. The van der Waals surface area contributed by atoms with Crippen LogP contribution in [0.4, 0.5) is 16.2 Å². The summed E-state index contributed by atoms with van der Waals surface area (Å²) in [5.41, 5.74) is 4.30. The first-order valence-corrected chi connectivity index (χ1v) is 21.0. The van der Waals surface area contributed by atoms with Crippen molar-refractivity contribution >= 4 is 40.5 Å². The Morgan fingerprint density at radius 3 is 2.32 bits per heavy atom. The maximum absolute atomic E-state index is 15.2. The normalized spacial score (nSPS) is 15.5. The van der Waals surface area contributed by atoms with Crippen molar-refractivity contribution in [3.8, 4) is 16.9 Å². The van der Waals surface area contributed by atoms with Crippen LogP contribution in [-0.2, 0) is 4.79 Å². The van der Waals surface area contributed by atoms with Crippen LogP contribution in [0.2, 0.25) is 0 Å². The molecule has 3 amide bonds. The lowest BCUT2D eigenvalue weighted by atomic mass is 9.71. The van der Waals surface area contributed by atoms with Crippen molar-refractivity contribution < 1.29 is 18.8 Å². The van der Waals surface area contributed by atoms with Gasteiger partial charge in [-0.05, 0) is 100 Å². The summed E-state index contributed by atoms with van der Waals surface area (Å²) in [5, 5.41) is 6.31. The number of benzene rings is 3. The number of rotatable bonds is 13. The third-order valence-electron chi connectivity index (χ3n) is 12.4. The van der Waals surface area contributed by atoms with Crippen molar-refractivity contribution in [2.75, 3.05) is 57.0 Å². The molecular weight excluding hydrogens is 746 g/mol. The zero-order valence-corrected chi connectivity index (χ0v) is 34.9. The van der Waals surface area contributed by atoms with E-state index in [9.17, 15) is 14.4 Å². The third-order valence-corrected chi connectivity index (χ3v) is 12.4. The Labute approximate surface area is 346 Å². The lowest BCUT2D eigenvalue weighted by molar-refractivity contribution is -0.123. The van der Waals surface area contributed by atoms with E-state index in [1.165, 1.54) is 6.07 Å². The predicted octanol–water partition coefficient (Wildman–Crippen LogP) is 7.65. The summed E-state index contributed by atoms with van der Waals surface area (Å²) < 4.78 is 17.3. The van der Waals surface area contributed by atoms with Gasteiger partial charge in [-0.15, -0.1) is 0 Å². The number of imidazole rings is 1. The van der Waals surface area contributed by atoms with E-state index in [1.807, 2.05) is 87.3 Å². The fraction of sp³-hybridized carbons (Fsp3) is 0.435. The topological polar surface area (TPSA) is 129 Å². The Hall–Kier alpha value is -5.85. The summed E-state index contributed by atoms with van der Waals surface area (Å²) >= 11 is 0. The van der Waals surface area contributed by atoms with Crippen LogP contribution in [-0.4, -0.2) is 99.9 Å². The van der Waals surface area contributed by atoms with Crippen molar-refractivity contribution in [2.45, 2.75) is 78.2 Å². The largest absolute Gasteiger partial charge is 0.359 e. The van der Waals surface area contributed by atoms with E-state index in [4.69, 9.17) is 15.0 Å². The molecule has 2 fully saturated rings. The molecule has 0 spiro atoms. The molecule has 0 unspecified atom stereocenters. The minimum absolute atomic E-state index is 0.00293. The van der Waals surface area contributed by atoms with Crippen molar-refractivity contribution in [3.63, 3.8) is 0 Å². The highest BCUT2D eigenvalue weighted by Gasteiger charge is 2.35. The summed E-state index contributed by atoms with van der Waals surface area (Å²) in [6.07, 6.45) is 6.98. The molecule has 2 N–H and O–H groups in total. The molecule has 1 aliphatic heterocycles. The number of carbonyl (C=O) groups is 3. The summed E-state index contributed by atoms with van der Waals surface area (Å²) in [5.74, 6) is 0.974. The minimum atomic E-state index is -0.581. The highest BCUT2D eigenvalue weighted by atomic mass is 19.1. The van der Waals surface area contributed by atoms with Crippen molar-refractivity contribution in [1.82, 2.24) is 34.6 Å². The summed E-state index contributed by atoms with van der Waals surface area (Å²) in [4.78, 5) is 60.2. The molecule has 1 saturated heterocycles. The average molecular weight is 802 g/mol. The third kappa shape index (κ3) is 8.94. The summed E-state index contributed by atoms with van der Waals surface area (Å²) in [7, 11) is 3.68. The number of likely N-dealkylation sites (tertiary alicyclic amines) is 1. The Morgan fingerprint density at radius 2 is 1.63 bits per heavy atom. The van der Waals surface area contributed by atoms with Gasteiger partial charge in [0.1, 0.15) is 17.5 Å². The van der Waals surface area contributed by atoms with E-state index in [2.05, 4.69) is 20.1 Å². The van der Waals surface area contributed by atoms with Gasteiger partial charge >= 0.3 is 0 Å². The number of aromatic nitrogens is 4. The molecule has 13 heteroatoms. The van der Waals surface area contributed by atoms with Crippen molar-refractivity contribution in [3.05, 3.63) is 95.6 Å². The Kier molecular flexibility index (Phi) is 12.6. The molecule has 3 aromatic carbocycles. The number of fused-ring (bicyclic) bond motifs is 1. The quantitative estimate of drug-likeness (QED) is 0.124. The SMILES string of the molecule is CCN(CC)C(=O)c1cc(-c2cc(N(C)C3CCN(C(=O)c4ccc5c(c4)nc(C)n5-c4ccccc4)CC3)nc(NCC3(CC(=O)NC)CCCCC3)n2)ccc1F. The van der Waals surface area contributed by atoms with E-state index in [0.29, 0.717) is 67.7 Å². The zero-order valence-electron chi connectivity index (χ0n) is 34.9. The molecular formula is C46H56FN9O3. The van der Waals surface area contributed by atoms with Gasteiger partial charge in [-0.2, -0.15) is 4.98 Å². The van der Waals surface area contributed by atoms with Crippen LogP contribution in [0, 0.1) is 18.2 Å². The number of para-hydroxylation sites is 1. The highest BCUT2D eigenvalue weighted by Crippen LogP contribution is 2.40. The van der Waals surface area contributed by atoms with Crippen molar-refractivity contribution in [1.29, 1.82) is 0 Å². The van der Waals surface area contributed by atoms with E-state index in [1.54, 1.807) is 24.1 Å². The second-order valence-electron chi connectivity index (χ2n) is 16.0. The van der Waals surface area contributed by atoms with Crippen LogP contribution in [0.15, 0.2) is 72.8 Å². The van der Waals surface area contributed by atoms with E-state index >= 15 is 4.39 Å². The predicted molar refractivity (Wildman–Crippen MR) is 231 cm³/mol. The first kappa shape index (κ1) is 41.3. The molecule has 59 heavy (non-hydrogen) atoms. The summed E-state index contributed by atoms with van der Waals surface area (Å²) in [6.45, 7) is 8.33. The lowest BCUT2D eigenvalue weighted by Crippen LogP contribution is -2.46. The van der Waals surface area contributed by atoms with E-state index in [-0.39, 0.29) is 34.7 Å². The molecule has 7 rings (SSSR count). The molecule has 2 aliphatic rings. The van der Waals surface area contributed by atoms with Gasteiger partial charge in [0.2, 0.25) is 11.9 Å². The Bertz CT molecular complexity index is 2290. The van der Waals surface area contributed by atoms with Crippen LogP contribution in [0.3, 0.4) is 0 Å². The van der Waals surface area contributed by atoms with Gasteiger partial charge in [-0.1, -0.05) is 37.5 Å². The number of hydrogen-bond acceptors (Lipinski definition) is 8. The number of aryl methyl sites for hydroxylation is 1. The number of anilines is 2. The van der Waals surface area contributed by atoms with Crippen LogP contribution in [0.5, 0.6) is 0 Å². The fourth-order valence-electron chi connectivity index (χ4n) is 8.85. The average Bonchev–Trinajstić information content (AvgIpc) is 3.61. The molecule has 1 aliphatic carbocycles. The van der Waals surface area contributed by atoms with Gasteiger partial charge in [-0.3, -0.25) is 19.0 Å². The van der Waals surface area contributed by atoms with E-state index in [0.717, 1.165) is 67.5 Å². The minimum Gasteiger partial charge on any atom is -0.359 e. The molecule has 310 valence electrons. The lowest BCUT2D eigenvalue weighted by Gasteiger charge is -2.38. The smallest absolute Gasteiger partial charge is 0.256 e. The zero-order chi connectivity index (χ0) is 41.7. The van der Waals surface area contributed by atoms with Gasteiger partial charge in [0, 0.05) is 82.2 Å². The number of halogens is 1. The first-order chi connectivity index (χ1) is 28.5. The molecule has 0 radical (unpaired) electrons. The molecule has 0 atom stereocenters. The van der Waals surface area contributed by atoms with Crippen LogP contribution in [0.25, 0.3) is 28.0 Å². The van der Waals surface area contributed by atoms with Gasteiger partial charge in [0.15, 0.2) is 0 Å². The number of piperidine rings is 1. The number of nitrogens with one attached hydrogen (secondary N) is 2. The van der Waals surface area contributed by atoms with Crippen LogP contribution in [0.1, 0.15) is 91.8 Å². The number of amides is 3. The van der Waals surface area contributed by atoms with E-state index < -0.39 is 5.82 Å². The first-order valence-electron chi connectivity index (χ1n) is 21.0. The van der Waals surface area contributed by atoms with Gasteiger partial charge < -0.3 is 25.3 Å². The summed E-state index contributed by atoms with van der Waals surface area (Å²) in [6, 6.07) is 22.4. The molecule has 5 aromatic rings. The standard InChI is InChI=1S/C46H56FN9O3/c1-6-54(7-2)44(59)36-26-32(16-18-37(36)47)38-28-41(52-45(51-38)49-30-46(29-42(57)48-4)22-12-9-13-23-46)53(5)34-20-24-55(25-21-34)43(58)33-17-19-40-39(27-33)50-31(3)56(40)35-14-10-8-11-15-35/h8,10-11,14-19,26-28,34H,6-7,9,12-13,20-25,29-30H2,1-5H3,(H,48,57)(H,49,51,52). The Morgan fingerprint density at radius 1 is 0.898 bits per heavy atom. The van der Waals surface area contributed by atoms with Gasteiger partial charge in [-0.25, -0.2) is 14.4 Å². The maximum atomic E-state index is 15.2. The van der Waals surface area contributed by atoms with Crippen LogP contribution < -0.4 is 15.5 Å². The molecule has 2 aromatic heterocycles. The van der Waals surface area contributed by atoms with Gasteiger partial charge in [0.05, 0.1) is 22.3 Å². The van der Waals surface area contributed by atoms with Gasteiger partial charge in [0.25, 0.3) is 11.8 Å². The fourth-order valence-corrected chi connectivity index (χ4v) is 8.85. The second-order valence-corrected chi connectivity index (χ2v) is 16.0. The monoisotopic (exact) mass is 801 g/mol. The molecule has 12 nitrogen and oxygen atoms in total. The number of hydrogen-bond donors (Lipinski definition) is 2. The number of carbonyl (C=O) groups excluding carboxylic acids is 3. The van der Waals surface area contributed by atoms with Crippen LogP contribution >= 0.6 is 0 Å². The second kappa shape index (κ2) is 18.0. The van der Waals surface area contributed by atoms with Crippen molar-refractivity contribution in [2.24, 2.45) is 5.41 Å². The molecule has 1 saturated carbocycles. The molecule has 0 bridgehead atoms. The highest BCUT2D eigenvalue weighted by molar-refractivity contribution is 5.98. The maximum Gasteiger partial charge on any atom is 0.256 e. The Balaban J connectivity index is 1.12.